The molecule has 2 aliphatic heterocycles. The molecular weight excluding hydrogens is 463 g/mol. The first-order valence-electron chi connectivity index (χ1n) is 9.75. The SMILES string of the molecule is O=C(c1cc(S(=O)(=O)N2CC(c3ccccc3)CC2=O)c(Cl)cc1Cl)N1CCOCC1. The van der Waals surface area contributed by atoms with Gasteiger partial charge in [0.25, 0.3) is 15.9 Å². The van der Waals surface area contributed by atoms with Crippen LogP contribution >= 0.6 is 23.2 Å². The van der Waals surface area contributed by atoms with Crippen molar-refractivity contribution in [2.45, 2.75) is 17.2 Å². The second kappa shape index (κ2) is 8.78. The molecule has 31 heavy (non-hydrogen) atoms. The van der Waals surface area contributed by atoms with Crippen molar-refractivity contribution < 1.29 is 22.7 Å². The smallest absolute Gasteiger partial charge is 0.268 e. The van der Waals surface area contributed by atoms with Crippen LogP contribution in [0.25, 0.3) is 0 Å². The summed E-state index contributed by atoms with van der Waals surface area (Å²) in [6.07, 6.45) is 0.0774. The third kappa shape index (κ3) is 4.30. The highest BCUT2D eigenvalue weighted by Gasteiger charge is 2.40. The highest BCUT2D eigenvalue weighted by Crippen LogP contribution is 2.36. The predicted octanol–water partition coefficient (Wildman–Crippen LogP) is 3.17. The van der Waals surface area contributed by atoms with Gasteiger partial charge in [0.15, 0.2) is 0 Å². The van der Waals surface area contributed by atoms with Gasteiger partial charge in [-0.2, -0.15) is 0 Å². The Kier molecular flexibility index (Phi) is 6.25. The van der Waals surface area contributed by atoms with E-state index in [-0.39, 0.29) is 39.4 Å². The molecule has 0 spiro atoms. The number of amides is 2. The maximum atomic E-state index is 13.3. The Morgan fingerprint density at radius 2 is 1.71 bits per heavy atom. The van der Waals surface area contributed by atoms with Crippen LogP contribution in [0.3, 0.4) is 0 Å². The number of benzene rings is 2. The number of carbonyl (C=O) groups is 2. The average Bonchev–Trinajstić information content (AvgIpc) is 3.17. The Balaban J connectivity index is 1.66. The lowest BCUT2D eigenvalue weighted by molar-refractivity contribution is -0.123. The Hall–Kier alpha value is -2.13. The second-order valence-corrected chi connectivity index (χ2v) is 10.1. The Bertz CT molecular complexity index is 1120. The number of hydrogen-bond acceptors (Lipinski definition) is 5. The number of hydrogen-bond donors (Lipinski definition) is 0. The van der Waals surface area contributed by atoms with Crippen LogP contribution in [0.2, 0.25) is 10.0 Å². The summed E-state index contributed by atoms with van der Waals surface area (Å²) in [5.74, 6) is -1.17. The second-order valence-electron chi connectivity index (χ2n) is 7.41. The summed E-state index contributed by atoms with van der Waals surface area (Å²) in [5.41, 5.74) is 0.914. The molecule has 2 saturated heterocycles. The number of ether oxygens (including phenoxy) is 1. The van der Waals surface area contributed by atoms with Crippen LogP contribution in [-0.4, -0.2) is 62.3 Å². The zero-order valence-corrected chi connectivity index (χ0v) is 18.8. The van der Waals surface area contributed by atoms with E-state index in [1.807, 2.05) is 30.3 Å². The zero-order chi connectivity index (χ0) is 22.2. The number of morpholine rings is 1. The summed E-state index contributed by atoms with van der Waals surface area (Å²) in [7, 11) is -4.27. The van der Waals surface area contributed by atoms with Gasteiger partial charge in [-0.25, -0.2) is 12.7 Å². The molecule has 4 rings (SSSR count). The zero-order valence-electron chi connectivity index (χ0n) is 16.5. The summed E-state index contributed by atoms with van der Waals surface area (Å²) in [4.78, 5) is 26.7. The molecule has 10 heteroatoms. The average molecular weight is 483 g/mol. The maximum Gasteiger partial charge on any atom is 0.268 e. The lowest BCUT2D eigenvalue weighted by Crippen LogP contribution is -2.41. The molecule has 2 aromatic rings. The molecule has 2 amide bonds. The molecule has 2 aliphatic rings. The summed E-state index contributed by atoms with van der Waals surface area (Å²) >= 11 is 12.4. The van der Waals surface area contributed by atoms with Gasteiger partial charge in [-0.05, 0) is 17.7 Å². The largest absolute Gasteiger partial charge is 0.378 e. The monoisotopic (exact) mass is 482 g/mol. The van der Waals surface area contributed by atoms with E-state index >= 15 is 0 Å². The lowest BCUT2D eigenvalue weighted by Gasteiger charge is -2.27. The molecule has 2 fully saturated rings. The van der Waals surface area contributed by atoms with Gasteiger partial charge < -0.3 is 9.64 Å². The number of sulfonamides is 1. The summed E-state index contributed by atoms with van der Waals surface area (Å²) in [5, 5.41) is -0.0881. The van der Waals surface area contributed by atoms with E-state index in [0.717, 1.165) is 9.87 Å². The quantitative estimate of drug-likeness (QED) is 0.667. The highest BCUT2D eigenvalue weighted by molar-refractivity contribution is 7.89. The van der Waals surface area contributed by atoms with Gasteiger partial charge in [-0.3, -0.25) is 9.59 Å². The van der Waals surface area contributed by atoms with Crippen molar-refractivity contribution in [2.75, 3.05) is 32.8 Å². The first kappa shape index (κ1) is 22.1. The van der Waals surface area contributed by atoms with Crippen molar-refractivity contribution in [1.82, 2.24) is 9.21 Å². The normalized spacial score (nSPS) is 19.7. The topological polar surface area (TPSA) is 84.0 Å². The molecule has 0 bridgehead atoms. The Labute approximate surface area is 190 Å². The van der Waals surface area contributed by atoms with E-state index in [1.165, 1.54) is 12.1 Å². The fraction of sp³-hybridized carbons (Fsp3) is 0.333. The number of rotatable bonds is 4. The van der Waals surface area contributed by atoms with Crippen LogP contribution in [0.15, 0.2) is 47.4 Å². The molecule has 0 aromatic heterocycles. The number of carbonyl (C=O) groups excluding carboxylic acids is 2. The van der Waals surface area contributed by atoms with Crippen molar-refractivity contribution >= 4 is 45.0 Å². The van der Waals surface area contributed by atoms with E-state index in [1.54, 1.807) is 4.90 Å². The third-order valence-corrected chi connectivity index (χ3v) is 8.04. The van der Waals surface area contributed by atoms with Crippen LogP contribution in [0.5, 0.6) is 0 Å². The van der Waals surface area contributed by atoms with Crippen molar-refractivity contribution in [3.63, 3.8) is 0 Å². The molecule has 164 valence electrons. The van der Waals surface area contributed by atoms with Crippen LogP contribution < -0.4 is 0 Å². The summed E-state index contributed by atoms with van der Waals surface area (Å²) < 4.78 is 32.8. The van der Waals surface area contributed by atoms with Crippen molar-refractivity contribution in [3.05, 3.63) is 63.6 Å². The molecule has 2 aromatic carbocycles. The van der Waals surface area contributed by atoms with Crippen molar-refractivity contribution in [1.29, 1.82) is 0 Å². The van der Waals surface area contributed by atoms with Crippen LogP contribution in [-0.2, 0) is 19.6 Å². The molecule has 7 nitrogen and oxygen atoms in total. The van der Waals surface area contributed by atoms with E-state index < -0.39 is 21.8 Å². The fourth-order valence-electron chi connectivity index (χ4n) is 3.81. The minimum atomic E-state index is -4.27. The van der Waals surface area contributed by atoms with Gasteiger partial charge in [0, 0.05) is 32.0 Å². The minimum Gasteiger partial charge on any atom is -0.378 e. The lowest BCUT2D eigenvalue weighted by atomic mass is 9.99. The Morgan fingerprint density at radius 3 is 2.39 bits per heavy atom. The van der Waals surface area contributed by atoms with Crippen LogP contribution in [0.4, 0.5) is 0 Å². The standard InChI is InChI=1S/C21H20Cl2N2O5S/c22-17-12-18(23)19(11-16(17)21(27)24-6-8-30-9-7-24)31(28,29)25-13-15(10-20(25)26)14-4-2-1-3-5-14/h1-5,11-12,15H,6-10,13H2. The third-order valence-electron chi connectivity index (χ3n) is 5.47. The predicted molar refractivity (Wildman–Crippen MR) is 116 cm³/mol. The van der Waals surface area contributed by atoms with Crippen LogP contribution in [0, 0.1) is 0 Å². The van der Waals surface area contributed by atoms with Gasteiger partial charge in [-0.15, -0.1) is 0 Å². The number of halogens is 2. The Morgan fingerprint density at radius 1 is 1.03 bits per heavy atom. The maximum absolute atomic E-state index is 13.3. The van der Waals surface area contributed by atoms with Gasteiger partial charge in [0.05, 0.1) is 28.8 Å². The molecule has 0 radical (unpaired) electrons. The van der Waals surface area contributed by atoms with E-state index in [4.69, 9.17) is 27.9 Å². The fourth-order valence-corrected chi connectivity index (χ4v) is 6.09. The highest BCUT2D eigenvalue weighted by atomic mass is 35.5. The van der Waals surface area contributed by atoms with Gasteiger partial charge in [-0.1, -0.05) is 53.5 Å². The molecule has 0 saturated carbocycles. The van der Waals surface area contributed by atoms with Crippen molar-refractivity contribution in [2.24, 2.45) is 0 Å². The first-order valence-corrected chi connectivity index (χ1v) is 11.9. The molecule has 2 heterocycles. The molecule has 1 atom stereocenters. The molecular formula is C21H20Cl2N2O5S. The first-order chi connectivity index (χ1) is 14.8. The van der Waals surface area contributed by atoms with Gasteiger partial charge in [0.2, 0.25) is 5.91 Å². The van der Waals surface area contributed by atoms with Crippen LogP contribution in [0.1, 0.15) is 28.3 Å². The molecule has 1 unspecified atom stereocenters. The summed E-state index contributed by atoms with van der Waals surface area (Å²) in [6, 6.07) is 11.7. The number of nitrogens with zero attached hydrogens (tertiary/aromatic N) is 2. The van der Waals surface area contributed by atoms with E-state index in [2.05, 4.69) is 0 Å². The summed E-state index contributed by atoms with van der Waals surface area (Å²) in [6.45, 7) is 1.56. The van der Waals surface area contributed by atoms with E-state index in [0.29, 0.717) is 26.3 Å². The minimum absolute atomic E-state index is 0.0108. The van der Waals surface area contributed by atoms with Gasteiger partial charge >= 0.3 is 0 Å². The molecule has 0 aliphatic carbocycles. The van der Waals surface area contributed by atoms with Crippen molar-refractivity contribution in [3.8, 4) is 0 Å². The molecule has 0 N–H and O–H groups in total. The van der Waals surface area contributed by atoms with E-state index in [9.17, 15) is 18.0 Å². The van der Waals surface area contributed by atoms with Gasteiger partial charge in [0.1, 0.15) is 4.90 Å².